The molecule has 1 aromatic heterocycles. The minimum Gasteiger partial charge on any atom is -0.507 e. The van der Waals surface area contributed by atoms with Crippen LogP contribution in [0.1, 0.15) is 11.3 Å². The Morgan fingerprint density at radius 3 is 2.29 bits per heavy atom. The second-order valence-electron chi connectivity index (χ2n) is 6.23. The summed E-state index contributed by atoms with van der Waals surface area (Å²) in [6.07, 6.45) is 3.83. The summed E-state index contributed by atoms with van der Waals surface area (Å²) in [6, 6.07) is 24.4. The van der Waals surface area contributed by atoms with E-state index in [2.05, 4.69) is 0 Å². The van der Waals surface area contributed by atoms with Crippen molar-refractivity contribution in [1.29, 1.82) is 0 Å². The molecule has 0 fully saturated rings. The molecule has 0 unspecified atom stereocenters. The van der Waals surface area contributed by atoms with Gasteiger partial charge in [0.15, 0.2) is 0 Å². The number of hydrogen-bond donors (Lipinski definition) is 1. The number of rotatable bonds is 4. The van der Waals surface area contributed by atoms with Gasteiger partial charge < -0.3 is 5.11 Å². The number of aromatic nitrogens is 2. The first-order valence-corrected chi connectivity index (χ1v) is 9.44. The molecule has 138 valence electrons. The van der Waals surface area contributed by atoms with Gasteiger partial charge in [-0.15, -0.1) is 0 Å². The molecule has 5 heteroatoms. The van der Waals surface area contributed by atoms with Crippen LogP contribution in [0.15, 0.2) is 78.9 Å². The average molecular weight is 407 g/mol. The molecular formula is C23H16Cl2N2O. The summed E-state index contributed by atoms with van der Waals surface area (Å²) in [7, 11) is 0. The molecule has 0 aliphatic carbocycles. The lowest BCUT2D eigenvalue weighted by molar-refractivity contribution is 0.477. The smallest absolute Gasteiger partial charge is 0.124 e. The summed E-state index contributed by atoms with van der Waals surface area (Å²) >= 11 is 12.1. The van der Waals surface area contributed by atoms with Crippen LogP contribution in [0.25, 0.3) is 29.1 Å². The molecule has 4 rings (SSSR count). The van der Waals surface area contributed by atoms with Crippen LogP contribution in [-0.2, 0) is 0 Å². The molecule has 0 bridgehead atoms. The molecule has 3 aromatic carbocycles. The van der Waals surface area contributed by atoms with Crippen molar-refractivity contribution < 1.29 is 5.11 Å². The Kier molecular flexibility index (Phi) is 5.20. The third-order valence-electron chi connectivity index (χ3n) is 4.30. The number of nitrogens with zero attached hydrogens (tertiary/aromatic N) is 2. The van der Waals surface area contributed by atoms with E-state index in [4.69, 9.17) is 28.3 Å². The van der Waals surface area contributed by atoms with Crippen molar-refractivity contribution in [3.8, 4) is 22.7 Å². The van der Waals surface area contributed by atoms with Gasteiger partial charge in [-0.1, -0.05) is 65.7 Å². The van der Waals surface area contributed by atoms with Crippen LogP contribution < -0.4 is 0 Å². The number of halogens is 2. The van der Waals surface area contributed by atoms with Crippen LogP contribution in [0.2, 0.25) is 10.0 Å². The van der Waals surface area contributed by atoms with Gasteiger partial charge in [0.25, 0.3) is 0 Å². The van der Waals surface area contributed by atoms with E-state index in [-0.39, 0.29) is 5.75 Å². The molecule has 28 heavy (non-hydrogen) atoms. The third kappa shape index (κ3) is 3.81. The zero-order valence-corrected chi connectivity index (χ0v) is 16.3. The van der Waals surface area contributed by atoms with E-state index < -0.39 is 0 Å². The number of aromatic hydroxyl groups is 1. The van der Waals surface area contributed by atoms with Crippen LogP contribution in [0.4, 0.5) is 0 Å². The molecule has 0 aliphatic heterocycles. The molecule has 3 nitrogen and oxygen atoms in total. The van der Waals surface area contributed by atoms with Crippen LogP contribution >= 0.6 is 23.2 Å². The van der Waals surface area contributed by atoms with Gasteiger partial charge in [-0.05, 0) is 54.1 Å². The van der Waals surface area contributed by atoms with Crippen LogP contribution in [-0.4, -0.2) is 14.9 Å². The fourth-order valence-corrected chi connectivity index (χ4v) is 3.23. The zero-order chi connectivity index (χ0) is 19.5. The van der Waals surface area contributed by atoms with Crippen molar-refractivity contribution in [3.05, 3.63) is 100 Å². The Bertz CT molecular complexity index is 1150. The average Bonchev–Trinajstić information content (AvgIpc) is 3.14. The lowest BCUT2D eigenvalue weighted by Crippen LogP contribution is -1.98. The van der Waals surface area contributed by atoms with Crippen molar-refractivity contribution in [3.63, 3.8) is 0 Å². The second kappa shape index (κ2) is 7.93. The van der Waals surface area contributed by atoms with Gasteiger partial charge in [0.2, 0.25) is 0 Å². The van der Waals surface area contributed by atoms with Gasteiger partial charge in [-0.3, -0.25) is 0 Å². The van der Waals surface area contributed by atoms with Crippen LogP contribution in [0, 0.1) is 0 Å². The summed E-state index contributed by atoms with van der Waals surface area (Å²) in [5, 5.41) is 16.1. The minimum absolute atomic E-state index is 0.208. The normalized spacial score (nSPS) is 11.2. The van der Waals surface area contributed by atoms with Gasteiger partial charge in [-0.25, -0.2) is 4.68 Å². The van der Waals surface area contributed by atoms with Crippen LogP contribution in [0.5, 0.6) is 5.75 Å². The highest BCUT2D eigenvalue weighted by molar-refractivity contribution is 6.42. The number of phenols is 1. The molecule has 1 N–H and O–H groups in total. The Morgan fingerprint density at radius 2 is 1.54 bits per heavy atom. The van der Waals surface area contributed by atoms with E-state index >= 15 is 0 Å². The highest BCUT2D eigenvalue weighted by atomic mass is 35.5. The van der Waals surface area contributed by atoms with Crippen molar-refractivity contribution in [2.24, 2.45) is 0 Å². The second-order valence-corrected chi connectivity index (χ2v) is 7.04. The molecule has 1 heterocycles. The number of hydrogen-bond acceptors (Lipinski definition) is 2. The first kappa shape index (κ1) is 18.4. The van der Waals surface area contributed by atoms with Gasteiger partial charge >= 0.3 is 0 Å². The van der Waals surface area contributed by atoms with Crippen molar-refractivity contribution in [2.45, 2.75) is 0 Å². The monoisotopic (exact) mass is 406 g/mol. The largest absolute Gasteiger partial charge is 0.507 e. The molecular weight excluding hydrogens is 391 g/mol. The van der Waals surface area contributed by atoms with E-state index in [9.17, 15) is 5.11 Å². The molecule has 0 aliphatic rings. The first-order valence-electron chi connectivity index (χ1n) is 8.69. The maximum atomic E-state index is 10.3. The van der Waals surface area contributed by atoms with Crippen molar-refractivity contribution in [2.75, 3.05) is 0 Å². The highest BCUT2D eigenvalue weighted by Crippen LogP contribution is 2.31. The summed E-state index contributed by atoms with van der Waals surface area (Å²) in [4.78, 5) is 0. The maximum Gasteiger partial charge on any atom is 0.124 e. The quantitative estimate of drug-likeness (QED) is 0.408. The summed E-state index contributed by atoms with van der Waals surface area (Å²) < 4.78 is 1.82. The molecule has 0 saturated heterocycles. The third-order valence-corrected chi connectivity index (χ3v) is 5.04. The SMILES string of the molecule is Oc1ccccc1-c1cc(/C=C/c2ccc(Cl)c(Cl)c2)nn1-c1ccccc1. The predicted octanol–water partition coefficient (Wildman–Crippen LogP) is 6.72. The summed E-state index contributed by atoms with van der Waals surface area (Å²) in [5.41, 5.74) is 4.11. The van der Waals surface area contributed by atoms with Crippen molar-refractivity contribution >= 4 is 35.4 Å². The fourth-order valence-electron chi connectivity index (χ4n) is 2.93. The Hall–Kier alpha value is -3.01. The lowest BCUT2D eigenvalue weighted by Gasteiger charge is -2.08. The summed E-state index contributed by atoms with van der Waals surface area (Å²) in [6.45, 7) is 0. The van der Waals surface area contributed by atoms with E-state index in [1.165, 1.54) is 0 Å². The number of benzene rings is 3. The number of phenolic OH excluding ortho intramolecular Hbond substituents is 1. The molecule has 0 radical (unpaired) electrons. The fraction of sp³-hybridized carbons (Fsp3) is 0. The minimum atomic E-state index is 0.208. The Labute approximate surface area is 173 Å². The van der Waals surface area contributed by atoms with E-state index in [0.29, 0.717) is 15.6 Å². The molecule has 0 spiro atoms. The molecule has 0 atom stereocenters. The Morgan fingerprint density at radius 1 is 0.786 bits per heavy atom. The maximum absolute atomic E-state index is 10.3. The highest BCUT2D eigenvalue weighted by Gasteiger charge is 2.13. The Balaban J connectivity index is 1.78. The van der Waals surface area contributed by atoms with Gasteiger partial charge in [0.05, 0.1) is 27.1 Å². The topological polar surface area (TPSA) is 38.1 Å². The predicted molar refractivity (Wildman–Crippen MR) is 116 cm³/mol. The standard InChI is InChI=1S/C23H16Cl2N2O/c24-20-13-11-16(14-21(20)25)10-12-17-15-22(19-8-4-5-9-23(19)28)27(26-17)18-6-2-1-3-7-18/h1-15,28H/b12-10+. The molecule has 0 saturated carbocycles. The van der Waals surface area contributed by atoms with E-state index in [1.54, 1.807) is 24.3 Å². The van der Waals surface area contributed by atoms with E-state index in [0.717, 1.165) is 22.6 Å². The summed E-state index contributed by atoms with van der Waals surface area (Å²) in [5.74, 6) is 0.208. The van der Waals surface area contributed by atoms with Crippen molar-refractivity contribution in [1.82, 2.24) is 9.78 Å². The zero-order valence-electron chi connectivity index (χ0n) is 14.8. The van der Waals surface area contributed by atoms with E-state index in [1.807, 2.05) is 71.4 Å². The van der Waals surface area contributed by atoms with Gasteiger partial charge in [-0.2, -0.15) is 5.10 Å². The van der Waals surface area contributed by atoms with Crippen LogP contribution in [0.3, 0.4) is 0 Å². The molecule has 4 aromatic rings. The lowest BCUT2D eigenvalue weighted by atomic mass is 10.1. The molecule has 0 amide bonds. The first-order chi connectivity index (χ1) is 13.6. The van der Waals surface area contributed by atoms with Gasteiger partial charge in [0.1, 0.15) is 5.75 Å². The number of para-hydroxylation sites is 2. The van der Waals surface area contributed by atoms with Gasteiger partial charge in [0, 0.05) is 5.56 Å².